The topological polar surface area (TPSA) is 106 Å². The summed E-state index contributed by atoms with van der Waals surface area (Å²) in [7, 11) is 2.76. The Labute approximate surface area is 156 Å². The predicted octanol–water partition coefficient (Wildman–Crippen LogP) is 2.56. The Balaban J connectivity index is 2.18. The van der Waals surface area contributed by atoms with Gasteiger partial charge in [-0.15, -0.1) is 0 Å². The van der Waals surface area contributed by atoms with Crippen LogP contribution in [-0.2, 0) is 0 Å². The standard InChI is InChI=1S/C19H20N2O6/c1-4-27-14-8-5-12(6-9-14)18(22)21-20-11-13-7-10-15(25-2)17(26-3)16(13)19(23)24/h5-11H,4H2,1-3H3,(H,21,22)(H,23,24)/b20-11-. The number of hydrogen-bond donors (Lipinski definition) is 2. The molecule has 2 aromatic rings. The zero-order chi connectivity index (χ0) is 19.8. The van der Waals surface area contributed by atoms with Crippen LogP contribution in [0.3, 0.4) is 0 Å². The first kappa shape index (κ1) is 19.8. The largest absolute Gasteiger partial charge is 0.494 e. The van der Waals surface area contributed by atoms with E-state index in [1.165, 1.54) is 26.5 Å². The number of methoxy groups -OCH3 is 2. The van der Waals surface area contributed by atoms with E-state index in [1.807, 2.05) is 6.92 Å². The van der Waals surface area contributed by atoms with E-state index in [4.69, 9.17) is 14.2 Å². The van der Waals surface area contributed by atoms with Crippen molar-refractivity contribution < 1.29 is 28.9 Å². The second-order valence-corrected chi connectivity index (χ2v) is 5.23. The highest BCUT2D eigenvalue weighted by Crippen LogP contribution is 2.32. The summed E-state index contributed by atoms with van der Waals surface area (Å²) in [5.41, 5.74) is 2.89. The number of carboxylic acids is 1. The van der Waals surface area contributed by atoms with Crippen molar-refractivity contribution in [3.63, 3.8) is 0 Å². The molecule has 0 heterocycles. The van der Waals surface area contributed by atoms with Crippen molar-refractivity contribution in [3.8, 4) is 17.2 Å². The second kappa shape index (κ2) is 9.23. The number of rotatable bonds is 8. The van der Waals surface area contributed by atoms with Crippen LogP contribution in [0.5, 0.6) is 17.2 Å². The predicted molar refractivity (Wildman–Crippen MR) is 99.2 cm³/mol. The van der Waals surface area contributed by atoms with Crippen molar-refractivity contribution >= 4 is 18.1 Å². The molecule has 2 aromatic carbocycles. The van der Waals surface area contributed by atoms with E-state index < -0.39 is 11.9 Å². The minimum Gasteiger partial charge on any atom is -0.494 e. The minimum atomic E-state index is -1.20. The van der Waals surface area contributed by atoms with Crippen LogP contribution in [0.15, 0.2) is 41.5 Å². The van der Waals surface area contributed by atoms with E-state index in [9.17, 15) is 14.7 Å². The molecule has 0 unspecified atom stereocenters. The molecule has 0 atom stereocenters. The fourth-order valence-corrected chi connectivity index (χ4v) is 2.36. The summed E-state index contributed by atoms with van der Waals surface area (Å²) in [6.45, 7) is 2.40. The number of aromatic carboxylic acids is 1. The molecule has 0 aromatic heterocycles. The molecule has 0 fully saturated rings. The van der Waals surface area contributed by atoms with Crippen molar-refractivity contribution in [2.24, 2.45) is 5.10 Å². The van der Waals surface area contributed by atoms with Crippen LogP contribution < -0.4 is 19.6 Å². The van der Waals surface area contributed by atoms with E-state index >= 15 is 0 Å². The number of carbonyl (C=O) groups excluding carboxylic acids is 1. The first-order chi connectivity index (χ1) is 13.0. The maximum absolute atomic E-state index is 12.1. The molecule has 0 radical (unpaired) electrons. The van der Waals surface area contributed by atoms with Gasteiger partial charge in [-0.25, -0.2) is 10.2 Å². The third kappa shape index (κ3) is 4.75. The Hall–Kier alpha value is -3.55. The molecular formula is C19H20N2O6. The molecule has 142 valence electrons. The van der Waals surface area contributed by atoms with Gasteiger partial charge >= 0.3 is 5.97 Å². The van der Waals surface area contributed by atoms with Crippen molar-refractivity contribution in [1.29, 1.82) is 0 Å². The number of nitrogens with zero attached hydrogens (tertiary/aromatic N) is 1. The highest BCUT2D eigenvalue weighted by molar-refractivity contribution is 6.02. The van der Waals surface area contributed by atoms with Crippen molar-refractivity contribution in [2.45, 2.75) is 6.92 Å². The van der Waals surface area contributed by atoms with E-state index in [2.05, 4.69) is 10.5 Å². The number of carboxylic acid groups (broad SMARTS) is 1. The van der Waals surface area contributed by atoms with Crippen LogP contribution >= 0.6 is 0 Å². The van der Waals surface area contributed by atoms with E-state index in [0.29, 0.717) is 17.9 Å². The van der Waals surface area contributed by atoms with Crippen LogP contribution in [0, 0.1) is 0 Å². The third-order valence-corrected chi connectivity index (χ3v) is 3.59. The smallest absolute Gasteiger partial charge is 0.340 e. The molecule has 0 saturated carbocycles. The summed E-state index contributed by atoms with van der Waals surface area (Å²) < 4.78 is 15.5. The van der Waals surface area contributed by atoms with Gasteiger partial charge in [0.25, 0.3) is 5.91 Å². The highest BCUT2D eigenvalue weighted by Gasteiger charge is 2.20. The molecular weight excluding hydrogens is 352 g/mol. The summed E-state index contributed by atoms with van der Waals surface area (Å²) in [5, 5.41) is 13.3. The van der Waals surface area contributed by atoms with Crippen molar-refractivity contribution in [3.05, 3.63) is 53.1 Å². The lowest BCUT2D eigenvalue weighted by Gasteiger charge is -2.12. The molecule has 0 bridgehead atoms. The molecule has 2 rings (SSSR count). The van der Waals surface area contributed by atoms with Gasteiger partial charge in [0.2, 0.25) is 0 Å². The quantitative estimate of drug-likeness (QED) is 0.545. The number of hydrazone groups is 1. The van der Waals surface area contributed by atoms with Crippen LogP contribution in [-0.4, -0.2) is 44.0 Å². The van der Waals surface area contributed by atoms with Gasteiger partial charge in [0.05, 0.1) is 27.0 Å². The number of hydrogen-bond acceptors (Lipinski definition) is 6. The lowest BCUT2D eigenvalue weighted by atomic mass is 10.1. The van der Waals surface area contributed by atoms with Crippen LogP contribution in [0.25, 0.3) is 0 Å². The summed E-state index contributed by atoms with van der Waals surface area (Å²) in [4.78, 5) is 23.7. The zero-order valence-corrected chi connectivity index (χ0v) is 15.2. The monoisotopic (exact) mass is 372 g/mol. The average Bonchev–Trinajstić information content (AvgIpc) is 2.67. The third-order valence-electron chi connectivity index (χ3n) is 3.59. The van der Waals surface area contributed by atoms with Crippen molar-refractivity contribution in [2.75, 3.05) is 20.8 Å². The lowest BCUT2D eigenvalue weighted by molar-refractivity contribution is 0.0692. The number of ether oxygens (including phenoxy) is 3. The number of benzene rings is 2. The Morgan fingerprint density at radius 1 is 1.11 bits per heavy atom. The Bertz CT molecular complexity index is 846. The first-order valence-electron chi connectivity index (χ1n) is 8.06. The molecule has 0 aliphatic carbocycles. The van der Waals surface area contributed by atoms with Gasteiger partial charge in [-0.1, -0.05) is 0 Å². The SMILES string of the molecule is CCOc1ccc(C(=O)N/N=C\c2ccc(OC)c(OC)c2C(=O)O)cc1. The molecule has 0 aliphatic heterocycles. The lowest BCUT2D eigenvalue weighted by Crippen LogP contribution is -2.18. The van der Waals surface area contributed by atoms with Gasteiger partial charge in [0, 0.05) is 11.1 Å². The molecule has 27 heavy (non-hydrogen) atoms. The first-order valence-corrected chi connectivity index (χ1v) is 8.06. The molecule has 8 nitrogen and oxygen atoms in total. The minimum absolute atomic E-state index is 0.0757. The zero-order valence-electron chi connectivity index (χ0n) is 15.2. The molecule has 2 N–H and O–H groups in total. The molecule has 0 aliphatic rings. The van der Waals surface area contributed by atoms with E-state index in [0.717, 1.165) is 0 Å². The average molecular weight is 372 g/mol. The Kier molecular flexibility index (Phi) is 6.76. The summed E-state index contributed by atoms with van der Waals surface area (Å²) in [6, 6.07) is 9.64. The van der Waals surface area contributed by atoms with Gasteiger partial charge in [-0.05, 0) is 43.3 Å². The summed E-state index contributed by atoms with van der Waals surface area (Å²) in [6.07, 6.45) is 1.23. The van der Waals surface area contributed by atoms with E-state index in [-0.39, 0.29) is 22.6 Å². The fourth-order valence-electron chi connectivity index (χ4n) is 2.36. The molecule has 0 spiro atoms. The fraction of sp³-hybridized carbons (Fsp3) is 0.211. The molecule has 1 amide bonds. The number of amides is 1. The van der Waals surface area contributed by atoms with Gasteiger partial charge in [-0.3, -0.25) is 4.79 Å². The Morgan fingerprint density at radius 3 is 2.37 bits per heavy atom. The van der Waals surface area contributed by atoms with Gasteiger partial charge in [0.1, 0.15) is 11.3 Å². The molecule has 8 heteroatoms. The second-order valence-electron chi connectivity index (χ2n) is 5.23. The summed E-state index contributed by atoms with van der Waals surface area (Å²) in [5.74, 6) is -0.622. The maximum atomic E-state index is 12.1. The van der Waals surface area contributed by atoms with Crippen LogP contribution in [0.2, 0.25) is 0 Å². The normalized spacial score (nSPS) is 10.5. The Morgan fingerprint density at radius 2 is 1.81 bits per heavy atom. The van der Waals surface area contributed by atoms with Gasteiger partial charge in [-0.2, -0.15) is 5.10 Å². The summed E-state index contributed by atoms with van der Waals surface area (Å²) >= 11 is 0. The van der Waals surface area contributed by atoms with Gasteiger partial charge < -0.3 is 19.3 Å². The van der Waals surface area contributed by atoms with E-state index in [1.54, 1.807) is 30.3 Å². The number of carbonyl (C=O) groups is 2. The van der Waals surface area contributed by atoms with Crippen LogP contribution in [0.4, 0.5) is 0 Å². The highest BCUT2D eigenvalue weighted by atomic mass is 16.5. The van der Waals surface area contributed by atoms with Crippen molar-refractivity contribution in [1.82, 2.24) is 5.43 Å². The van der Waals surface area contributed by atoms with Gasteiger partial charge in [0.15, 0.2) is 11.5 Å². The number of nitrogens with one attached hydrogen (secondary N) is 1. The van der Waals surface area contributed by atoms with Crippen LogP contribution in [0.1, 0.15) is 33.2 Å². The maximum Gasteiger partial charge on any atom is 0.340 e. The molecule has 0 saturated heterocycles.